The zero-order valence-electron chi connectivity index (χ0n) is 17.3. The molecule has 0 spiro atoms. The van der Waals surface area contributed by atoms with E-state index < -0.39 is 36.3 Å². The lowest BCUT2D eigenvalue weighted by Crippen LogP contribution is -2.46. The van der Waals surface area contributed by atoms with E-state index in [0.29, 0.717) is 23.5 Å². The van der Waals surface area contributed by atoms with Crippen LogP contribution < -0.4 is 5.32 Å². The Morgan fingerprint density at radius 1 is 1.09 bits per heavy atom. The second kappa shape index (κ2) is 10.3. The quantitative estimate of drug-likeness (QED) is 0.220. The lowest BCUT2D eigenvalue weighted by Gasteiger charge is -2.24. The van der Waals surface area contributed by atoms with Gasteiger partial charge in [0.15, 0.2) is 12.4 Å². The summed E-state index contributed by atoms with van der Waals surface area (Å²) in [5.41, 5.74) is -0.482. The fraction of sp³-hybridized carbons (Fsp3) is 0.350. The van der Waals surface area contributed by atoms with Crippen LogP contribution in [0.5, 0.6) is 0 Å². The van der Waals surface area contributed by atoms with Gasteiger partial charge in [-0.1, -0.05) is 71.3 Å². The molecule has 1 aliphatic rings. The van der Waals surface area contributed by atoms with Gasteiger partial charge >= 0.3 is 5.97 Å². The Balaban J connectivity index is 1.82. The van der Waals surface area contributed by atoms with E-state index in [9.17, 15) is 19.2 Å². The van der Waals surface area contributed by atoms with E-state index >= 15 is 0 Å². The van der Waals surface area contributed by atoms with Crippen molar-refractivity contribution in [2.75, 3.05) is 11.9 Å². The summed E-state index contributed by atoms with van der Waals surface area (Å²) in [7, 11) is 0. The van der Waals surface area contributed by atoms with Crippen molar-refractivity contribution in [3.63, 3.8) is 0 Å². The predicted molar refractivity (Wildman–Crippen MR) is 121 cm³/mol. The molecule has 1 N–H and O–H groups in total. The molecule has 13 heteroatoms. The van der Waals surface area contributed by atoms with E-state index in [0.717, 1.165) is 0 Å². The van der Waals surface area contributed by atoms with Crippen molar-refractivity contribution in [3.8, 4) is 0 Å². The Kier molecular flexibility index (Phi) is 7.89. The highest BCUT2D eigenvalue weighted by molar-refractivity contribution is 6.55. The lowest BCUT2D eigenvalue weighted by molar-refractivity contribution is -0.151. The first kappa shape index (κ1) is 25.3. The number of unbranched alkanes of at least 4 members (excludes halogenated alkanes) is 1. The number of carbonyl (C=O) groups is 4. The molecule has 0 saturated carbocycles. The zero-order valence-corrected chi connectivity index (χ0v) is 20.4. The highest BCUT2D eigenvalue weighted by Gasteiger charge is 2.47. The van der Waals surface area contributed by atoms with Gasteiger partial charge < -0.3 is 14.6 Å². The molecule has 3 rings (SSSR count). The third kappa shape index (κ3) is 4.96. The van der Waals surface area contributed by atoms with Crippen molar-refractivity contribution in [1.82, 2.24) is 10.1 Å². The Labute approximate surface area is 208 Å². The predicted octanol–water partition coefficient (Wildman–Crippen LogP) is 4.93. The molecule has 1 aromatic carbocycles. The number of ether oxygens (including phenoxy) is 1. The highest BCUT2D eigenvalue weighted by Crippen LogP contribution is 2.45. The molecular formula is C20H17Cl4N3O6. The monoisotopic (exact) mass is 535 g/mol. The van der Waals surface area contributed by atoms with Crippen LogP contribution in [0.4, 0.5) is 5.82 Å². The number of fused-ring (bicyclic) bond motifs is 1. The number of aryl methyl sites for hydroxylation is 1. The number of halogens is 4. The van der Waals surface area contributed by atoms with Crippen LogP contribution in [0.15, 0.2) is 10.6 Å². The van der Waals surface area contributed by atoms with E-state index in [1.54, 1.807) is 6.92 Å². The largest absolute Gasteiger partial charge is 0.454 e. The Morgan fingerprint density at radius 2 is 1.67 bits per heavy atom. The van der Waals surface area contributed by atoms with Crippen molar-refractivity contribution in [2.45, 2.75) is 39.2 Å². The first-order chi connectivity index (χ1) is 15.6. The molecule has 0 unspecified atom stereocenters. The van der Waals surface area contributed by atoms with E-state index in [-0.39, 0.29) is 43.5 Å². The van der Waals surface area contributed by atoms with Gasteiger partial charge in [0.1, 0.15) is 11.8 Å². The summed E-state index contributed by atoms with van der Waals surface area (Å²) in [6, 6.07) is 0.163. The number of aromatic nitrogens is 1. The average Bonchev–Trinajstić information content (AvgIpc) is 3.29. The second-order valence-electron chi connectivity index (χ2n) is 7.12. The van der Waals surface area contributed by atoms with Gasteiger partial charge in [-0.3, -0.25) is 19.3 Å². The van der Waals surface area contributed by atoms with Crippen molar-refractivity contribution in [3.05, 3.63) is 43.0 Å². The van der Waals surface area contributed by atoms with Crippen LogP contribution in [0.2, 0.25) is 20.1 Å². The van der Waals surface area contributed by atoms with Crippen molar-refractivity contribution in [1.29, 1.82) is 0 Å². The Bertz CT molecular complexity index is 1100. The highest BCUT2D eigenvalue weighted by atomic mass is 35.5. The number of carbonyl (C=O) groups excluding carboxylic acids is 4. The van der Waals surface area contributed by atoms with Crippen LogP contribution in [0.25, 0.3) is 0 Å². The number of benzene rings is 1. The third-order valence-electron chi connectivity index (χ3n) is 4.79. The molecule has 0 bridgehead atoms. The summed E-state index contributed by atoms with van der Waals surface area (Å²) < 4.78 is 9.92. The van der Waals surface area contributed by atoms with Gasteiger partial charge in [-0.15, -0.1) is 0 Å². The first-order valence-electron chi connectivity index (χ1n) is 9.72. The van der Waals surface area contributed by atoms with E-state index in [2.05, 4.69) is 10.5 Å². The topological polar surface area (TPSA) is 119 Å². The Morgan fingerprint density at radius 3 is 2.15 bits per heavy atom. The van der Waals surface area contributed by atoms with Gasteiger partial charge in [-0.25, -0.2) is 4.79 Å². The molecule has 0 saturated heterocycles. The van der Waals surface area contributed by atoms with Crippen LogP contribution in [0.1, 0.15) is 52.7 Å². The lowest BCUT2D eigenvalue weighted by atomic mass is 10.1. The standard InChI is InChI=1S/C20H17Cl4N3O6/c1-3-4-5-9(20(31)32-7-11(28)25-10-6-8(2)33-26-10)27-18(29)12-13(19(27)30)15(22)17(24)16(23)14(12)21/h6,9H,3-5,7H2,1-2H3,(H,25,26,28)/t9-/m0/s1. The molecular weight excluding hydrogens is 520 g/mol. The van der Waals surface area contributed by atoms with Gasteiger partial charge in [0.2, 0.25) is 0 Å². The third-order valence-corrected chi connectivity index (χ3v) is 6.59. The number of hydrogen-bond donors (Lipinski definition) is 1. The maximum atomic E-state index is 13.1. The van der Waals surface area contributed by atoms with Crippen LogP contribution in [-0.4, -0.2) is 46.4 Å². The molecule has 2 heterocycles. The van der Waals surface area contributed by atoms with Crippen LogP contribution in [0, 0.1) is 6.92 Å². The number of hydrogen-bond acceptors (Lipinski definition) is 7. The minimum Gasteiger partial charge on any atom is -0.454 e. The summed E-state index contributed by atoms with van der Waals surface area (Å²) in [5.74, 6) is -2.73. The molecule has 0 radical (unpaired) electrons. The number of rotatable bonds is 8. The molecule has 0 aliphatic carbocycles. The summed E-state index contributed by atoms with van der Waals surface area (Å²) >= 11 is 24.4. The number of nitrogens with one attached hydrogen (secondary N) is 1. The van der Waals surface area contributed by atoms with Crippen LogP contribution in [-0.2, 0) is 14.3 Å². The fourth-order valence-electron chi connectivity index (χ4n) is 3.24. The van der Waals surface area contributed by atoms with Crippen molar-refractivity contribution < 1.29 is 28.4 Å². The number of imide groups is 1. The van der Waals surface area contributed by atoms with Crippen LogP contribution in [0.3, 0.4) is 0 Å². The summed E-state index contributed by atoms with van der Waals surface area (Å²) in [6.07, 6.45) is 1.25. The van der Waals surface area contributed by atoms with E-state index in [1.165, 1.54) is 6.07 Å². The van der Waals surface area contributed by atoms with Crippen LogP contribution >= 0.6 is 46.4 Å². The summed E-state index contributed by atoms with van der Waals surface area (Å²) in [6.45, 7) is 2.84. The molecule has 2 aromatic rings. The minimum absolute atomic E-state index is 0.0988. The number of nitrogens with zero attached hydrogens (tertiary/aromatic N) is 2. The summed E-state index contributed by atoms with van der Waals surface area (Å²) in [5, 5.41) is 5.15. The number of esters is 1. The van der Waals surface area contributed by atoms with E-state index in [4.69, 9.17) is 55.7 Å². The number of amides is 3. The molecule has 1 aromatic heterocycles. The average molecular weight is 537 g/mol. The molecule has 176 valence electrons. The van der Waals surface area contributed by atoms with Gasteiger partial charge in [0.05, 0.1) is 31.2 Å². The van der Waals surface area contributed by atoms with Gasteiger partial charge in [-0.05, 0) is 13.3 Å². The second-order valence-corrected chi connectivity index (χ2v) is 8.63. The number of anilines is 1. The molecule has 33 heavy (non-hydrogen) atoms. The molecule has 1 atom stereocenters. The fourth-order valence-corrected chi connectivity index (χ4v) is 4.25. The van der Waals surface area contributed by atoms with E-state index in [1.807, 2.05) is 6.92 Å². The Hall–Kier alpha value is -2.33. The first-order valence-corrected chi connectivity index (χ1v) is 11.2. The molecule has 1 aliphatic heterocycles. The maximum absolute atomic E-state index is 13.1. The van der Waals surface area contributed by atoms with Gasteiger partial charge in [0, 0.05) is 6.07 Å². The minimum atomic E-state index is -1.32. The molecule has 3 amide bonds. The zero-order chi connectivity index (χ0) is 24.4. The van der Waals surface area contributed by atoms with Gasteiger partial charge in [0.25, 0.3) is 17.7 Å². The molecule has 9 nitrogen and oxygen atoms in total. The normalized spacial score (nSPS) is 13.8. The molecule has 0 fully saturated rings. The summed E-state index contributed by atoms with van der Waals surface area (Å²) in [4.78, 5) is 51.8. The van der Waals surface area contributed by atoms with Crippen molar-refractivity contribution >= 4 is 75.9 Å². The smallest absolute Gasteiger partial charge is 0.329 e. The van der Waals surface area contributed by atoms with Gasteiger partial charge in [-0.2, -0.15) is 0 Å². The SMILES string of the molecule is CCCC[C@@H](C(=O)OCC(=O)Nc1cc(C)on1)N1C(=O)c2c(Cl)c(Cl)c(Cl)c(Cl)c2C1=O. The maximum Gasteiger partial charge on any atom is 0.329 e. The van der Waals surface area contributed by atoms with Crippen molar-refractivity contribution in [2.24, 2.45) is 0 Å².